The van der Waals surface area contributed by atoms with Crippen LogP contribution in [0.1, 0.15) is 48.7 Å². The summed E-state index contributed by atoms with van der Waals surface area (Å²) in [6.07, 6.45) is 0.771. The molecule has 1 fully saturated rings. The van der Waals surface area contributed by atoms with Gasteiger partial charge in [0.2, 0.25) is 0 Å². The predicted molar refractivity (Wildman–Crippen MR) is 97.5 cm³/mol. The maximum absolute atomic E-state index is 12.7. The Hall–Kier alpha value is -2.60. The lowest BCUT2D eigenvalue weighted by molar-refractivity contribution is -0.140. The number of nitrogens with zero attached hydrogens (tertiary/aromatic N) is 1. The van der Waals surface area contributed by atoms with Crippen LogP contribution in [-0.4, -0.2) is 40.5 Å². The van der Waals surface area contributed by atoms with Gasteiger partial charge in [-0.2, -0.15) is 0 Å². The zero-order valence-electron chi connectivity index (χ0n) is 15.1. The number of nitrogens with two attached hydrogens (primary N) is 1. The van der Waals surface area contributed by atoms with Crippen molar-refractivity contribution in [2.24, 2.45) is 5.73 Å². The van der Waals surface area contributed by atoms with Crippen molar-refractivity contribution in [1.82, 2.24) is 4.90 Å². The molecule has 1 aromatic heterocycles. The second-order valence-electron chi connectivity index (χ2n) is 7.17. The fraction of sp³-hybridized carbons (Fsp3) is 0.400. The predicted octanol–water partition coefficient (Wildman–Crippen LogP) is 2.52. The molecule has 26 heavy (non-hydrogen) atoms. The van der Waals surface area contributed by atoms with E-state index >= 15 is 0 Å². The quantitative estimate of drug-likeness (QED) is 0.880. The molecule has 6 nitrogen and oxygen atoms in total. The minimum absolute atomic E-state index is 0.111. The first-order chi connectivity index (χ1) is 12.3. The first-order valence-electron chi connectivity index (χ1n) is 8.82. The third-order valence-electron chi connectivity index (χ3n) is 4.87. The van der Waals surface area contributed by atoms with Crippen LogP contribution in [0.15, 0.2) is 40.8 Å². The van der Waals surface area contributed by atoms with Crippen LogP contribution in [0.5, 0.6) is 0 Å². The number of piperidine rings is 1. The molecule has 0 saturated carbocycles. The molecule has 2 amide bonds. The van der Waals surface area contributed by atoms with E-state index in [0.717, 1.165) is 5.56 Å². The van der Waals surface area contributed by atoms with E-state index in [0.29, 0.717) is 24.6 Å². The first-order valence-corrected chi connectivity index (χ1v) is 8.82. The molecule has 3 rings (SSSR count). The highest BCUT2D eigenvalue weighted by Crippen LogP contribution is 2.28. The monoisotopic (exact) mass is 356 g/mol. The SMILES string of the molecule is CC(C)c1cccc(-c2ccc(C(=O)N3CCCC(O)(C(N)=O)C3)o2)c1. The summed E-state index contributed by atoms with van der Waals surface area (Å²) in [5.41, 5.74) is 5.69. The van der Waals surface area contributed by atoms with Crippen LogP contribution >= 0.6 is 0 Å². The van der Waals surface area contributed by atoms with Gasteiger partial charge in [-0.25, -0.2) is 0 Å². The number of rotatable bonds is 4. The van der Waals surface area contributed by atoms with E-state index in [-0.39, 0.29) is 24.6 Å². The van der Waals surface area contributed by atoms with Crippen LogP contribution in [0.2, 0.25) is 0 Å². The van der Waals surface area contributed by atoms with Gasteiger partial charge in [0.1, 0.15) is 5.76 Å². The second-order valence-corrected chi connectivity index (χ2v) is 7.17. The average Bonchev–Trinajstić information content (AvgIpc) is 3.11. The van der Waals surface area contributed by atoms with Crippen molar-refractivity contribution < 1.29 is 19.1 Å². The number of benzene rings is 1. The number of hydrogen-bond acceptors (Lipinski definition) is 4. The molecule has 0 spiro atoms. The second kappa shape index (κ2) is 6.96. The van der Waals surface area contributed by atoms with Gasteiger partial charge in [-0.15, -0.1) is 0 Å². The normalized spacial score (nSPS) is 20.4. The Morgan fingerprint density at radius 2 is 2.04 bits per heavy atom. The summed E-state index contributed by atoms with van der Waals surface area (Å²) >= 11 is 0. The molecule has 1 atom stereocenters. The number of furan rings is 1. The summed E-state index contributed by atoms with van der Waals surface area (Å²) in [5.74, 6) is 0.0313. The van der Waals surface area contributed by atoms with Gasteiger partial charge in [0.05, 0.1) is 6.54 Å². The van der Waals surface area contributed by atoms with Crippen LogP contribution < -0.4 is 5.73 Å². The van der Waals surface area contributed by atoms with Crippen molar-refractivity contribution in [3.8, 4) is 11.3 Å². The number of aliphatic hydroxyl groups is 1. The Labute approximate surface area is 152 Å². The van der Waals surface area contributed by atoms with Crippen LogP contribution in [-0.2, 0) is 4.79 Å². The third-order valence-corrected chi connectivity index (χ3v) is 4.87. The highest BCUT2D eigenvalue weighted by molar-refractivity contribution is 5.93. The van der Waals surface area contributed by atoms with Gasteiger partial charge in [-0.1, -0.05) is 32.0 Å². The highest BCUT2D eigenvalue weighted by atomic mass is 16.4. The van der Waals surface area contributed by atoms with E-state index in [4.69, 9.17) is 10.2 Å². The van der Waals surface area contributed by atoms with Gasteiger partial charge < -0.3 is 20.2 Å². The topological polar surface area (TPSA) is 96.8 Å². The number of β-amino-alcohol motifs (C(OH)–C–C–N with tert-alkyl or cyclic N) is 1. The van der Waals surface area contributed by atoms with Gasteiger partial charge in [-0.05, 0) is 42.5 Å². The van der Waals surface area contributed by atoms with Gasteiger partial charge in [-0.3, -0.25) is 9.59 Å². The first kappa shape index (κ1) is 18.2. The van der Waals surface area contributed by atoms with Gasteiger partial charge in [0.25, 0.3) is 11.8 Å². The molecule has 138 valence electrons. The zero-order valence-corrected chi connectivity index (χ0v) is 15.1. The van der Waals surface area contributed by atoms with E-state index in [1.165, 1.54) is 10.5 Å². The minimum Gasteiger partial charge on any atom is -0.451 e. The van der Waals surface area contributed by atoms with E-state index in [2.05, 4.69) is 19.9 Å². The molecule has 1 aliphatic rings. The van der Waals surface area contributed by atoms with Crippen LogP contribution in [0, 0.1) is 0 Å². The molecular weight excluding hydrogens is 332 g/mol. The average molecular weight is 356 g/mol. The molecule has 1 saturated heterocycles. The molecule has 6 heteroatoms. The van der Waals surface area contributed by atoms with Crippen LogP contribution in [0.3, 0.4) is 0 Å². The minimum atomic E-state index is -1.67. The molecule has 0 bridgehead atoms. The van der Waals surface area contributed by atoms with Gasteiger partial charge >= 0.3 is 0 Å². The van der Waals surface area contributed by atoms with Crippen molar-refractivity contribution in [3.05, 3.63) is 47.7 Å². The number of carbonyl (C=O) groups is 2. The van der Waals surface area contributed by atoms with Crippen LogP contribution in [0.4, 0.5) is 0 Å². The molecule has 1 aliphatic heterocycles. The number of carbonyl (C=O) groups excluding carboxylic acids is 2. The lowest BCUT2D eigenvalue weighted by atomic mass is 9.92. The van der Waals surface area contributed by atoms with E-state index in [1.54, 1.807) is 12.1 Å². The summed E-state index contributed by atoms with van der Waals surface area (Å²) < 4.78 is 5.76. The maximum atomic E-state index is 12.7. The molecule has 1 unspecified atom stereocenters. The Bertz CT molecular complexity index is 827. The highest BCUT2D eigenvalue weighted by Gasteiger charge is 2.40. The largest absolute Gasteiger partial charge is 0.451 e. The molecule has 2 heterocycles. The molecule has 0 aliphatic carbocycles. The smallest absolute Gasteiger partial charge is 0.289 e. The van der Waals surface area contributed by atoms with Gasteiger partial charge in [0, 0.05) is 12.1 Å². The molecule has 0 radical (unpaired) electrons. The Morgan fingerprint density at radius 1 is 1.27 bits per heavy atom. The number of primary amides is 1. The lowest BCUT2D eigenvalue weighted by Crippen LogP contribution is -2.57. The Kier molecular flexibility index (Phi) is 4.87. The fourth-order valence-corrected chi connectivity index (χ4v) is 3.23. The molecular formula is C20H24N2O4. The Morgan fingerprint density at radius 3 is 2.73 bits per heavy atom. The van der Waals surface area contributed by atoms with Gasteiger partial charge in [0.15, 0.2) is 11.4 Å². The number of likely N-dealkylation sites (tertiary alicyclic amines) is 1. The van der Waals surface area contributed by atoms with Crippen molar-refractivity contribution in [2.45, 2.75) is 38.2 Å². The third kappa shape index (κ3) is 3.51. The molecule has 3 N–H and O–H groups in total. The van der Waals surface area contributed by atoms with E-state index in [1.807, 2.05) is 18.2 Å². The van der Waals surface area contributed by atoms with Crippen molar-refractivity contribution >= 4 is 11.8 Å². The van der Waals surface area contributed by atoms with Crippen LogP contribution in [0.25, 0.3) is 11.3 Å². The van der Waals surface area contributed by atoms with Crippen molar-refractivity contribution in [3.63, 3.8) is 0 Å². The summed E-state index contributed by atoms with van der Waals surface area (Å²) in [7, 11) is 0. The summed E-state index contributed by atoms with van der Waals surface area (Å²) in [4.78, 5) is 25.6. The molecule has 1 aromatic carbocycles. The van der Waals surface area contributed by atoms with Crippen molar-refractivity contribution in [1.29, 1.82) is 0 Å². The fourth-order valence-electron chi connectivity index (χ4n) is 3.23. The molecule has 2 aromatic rings. The lowest BCUT2D eigenvalue weighted by Gasteiger charge is -2.36. The van der Waals surface area contributed by atoms with E-state index < -0.39 is 11.5 Å². The standard InChI is InChI=1S/C20H24N2O4/c1-13(2)14-5-3-6-15(11-14)16-7-8-17(26-16)18(23)22-10-4-9-20(25,12-22)19(21)24/h3,5-8,11,13,25H,4,9-10,12H2,1-2H3,(H2,21,24). The maximum Gasteiger partial charge on any atom is 0.289 e. The summed E-state index contributed by atoms with van der Waals surface area (Å²) in [6.45, 7) is 4.58. The zero-order chi connectivity index (χ0) is 18.9. The summed E-state index contributed by atoms with van der Waals surface area (Å²) in [6, 6.07) is 11.4. The number of hydrogen-bond donors (Lipinski definition) is 2. The summed E-state index contributed by atoms with van der Waals surface area (Å²) in [5, 5.41) is 10.3. The van der Waals surface area contributed by atoms with E-state index in [9.17, 15) is 14.7 Å². The number of amides is 2. The van der Waals surface area contributed by atoms with Crippen molar-refractivity contribution in [2.75, 3.05) is 13.1 Å². The Balaban J connectivity index is 1.80.